The molecule has 18 heavy (non-hydrogen) atoms. The van der Waals surface area contributed by atoms with Gasteiger partial charge in [-0.3, -0.25) is 4.90 Å². The van der Waals surface area contributed by atoms with Crippen molar-refractivity contribution in [3.63, 3.8) is 0 Å². The summed E-state index contributed by atoms with van der Waals surface area (Å²) >= 11 is 0. The van der Waals surface area contributed by atoms with Crippen LogP contribution in [0.15, 0.2) is 0 Å². The average molecular weight is 254 g/mol. The van der Waals surface area contributed by atoms with Crippen LogP contribution in [-0.4, -0.2) is 46.7 Å². The zero-order chi connectivity index (χ0) is 13.0. The molecule has 4 heteroatoms. The molecule has 3 fully saturated rings. The molecule has 0 radical (unpaired) electrons. The molecule has 3 aliphatic heterocycles. The van der Waals surface area contributed by atoms with Gasteiger partial charge in [0, 0.05) is 12.1 Å². The summed E-state index contributed by atoms with van der Waals surface area (Å²) in [7, 11) is 0. The topological polar surface area (TPSA) is 54.4 Å². The van der Waals surface area contributed by atoms with Gasteiger partial charge in [-0.05, 0) is 24.7 Å². The Kier molecular flexibility index (Phi) is 3.17. The van der Waals surface area contributed by atoms with Crippen LogP contribution in [-0.2, 0) is 4.74 Å². The van der Waals surface area contributed by atoms with Gasteiger partial charge in [0.25, 0.3) is 0 Å². The average Bonchev–Trinajstić information content (AvgIpc) is 3.08. The molecule has 0 spiro atoms. The Balaban J connectivity index is 1.56. The quantitative estimate of drug-likeness (QED) is 0.723. The Labute approximate surface area is 110 Å². The first-order valence-electron chi connectivity index (χ1n) is 7.36. The lowest BCUT2D eigenvalue weighted by Gasteiger charge is -2.18. The number of hydrogen-bond acceptors (Lipinski definition) is 4. The fraction of sp³-hybridized carbons (Fsp3) is 1.00. The molecule has 0 aliphatic carbocycles. The maximum atomic E-state index is 9.95. The summed E-state index contributed by atoms with van der Waals surface area (Å²) in [5.74, 6) is 1.40. The predicted octanol–water partition coefficient (Wildman–Crippen LogP) is 1.15. The zero-order valence-corrected chi connectivity index (χ0v) is 11.8. The molecule has 3 heterocycles. The van der Waals surface area contributed by atoms with Crippen LogP contribution in [0.25, 0.3) is 0 Å². The second-order valence-electron chi connectivity index (χ2n) is 6.98. The highest BCUT2D eigenvalue weighted by molar-refractivity contribution is 5.16. The van der Waals surface area contributed by atoms with Gasteiger partial charge in [0.15, 0.2) is 6.29 Å². The van der Waals surface area contributed by atoms with Gasteiger partial charge in [0.05, 0.1) is 12.1 Å². The summed E-state index contributed by atoms with van der Waals surface area (Å²) in [5, 5.41) is 13.5. The van der Waals surface area contributed by atoms with Crippen LogP contribution in [0.1, 0.15) is 40.5 Å². The van der Waals surface area contributed by atoms with Crippen molar-refractivity contribution in [3.05, 3.63) is 0 Å². The van der Waals surface area contributed by atoms with Crippen molar-refractivity contribution in [2.45, 2.75) is 77.2 Å². The van der Waals surface area contributed by atoms with E-state index < -0.39 is 6.29 Å². The summed E-state index contributed by atoms with van der Waals surface area (Å²) in [5.41, 5.74) is 0. The second kappa shape index (κ2) is 4.44. The van der Waals surface area contributed by atoms with Crippen molar-refractivity contribution in [1.82, 2.24) is 10.2 Å². The molecule has 3 saturated heterocycles. The molecule has 7 atom stereocenters. The third-order valence-electron chi connectivity index (χ3n) is 4.37. The van der Waals surface area contributed by atoms with Gasteiger partial charge in [-0.2, -0.15) is 0 Å². The third kappa shape index (κ3) is 2.20. The van der Waals surface area contributed by atoms with Crippen LogP contribution in [0.2, 0.25) is 0 Å². The number of nitrogens with one attached hydrogen (secondary N) is 1. The van der Waals surface area contributed by atoms with Crippen LogP contribution in [0.4, 0.5) is 0 Å². The SMILES string of the molecule is CC(C)C[C@@H]1[C@@H]2[C@H](O)O[C@H]([C@H]3N[C@@H]3CC(C)C)N21. The monoisotopic (exact) mass is 254 g/mol. The lowest BCUT2D eigenvalue weighted by atomic mass is 10.0. The molecule has 0 aromatic heterocycles. The van der Waals surface area contributed by atoms with E-state index in [9.17, 15) is 5.11 Å². The molecule has 2 N–H and O–H groups in total. The minimum atomic E-state index is -0.569. The maximum Gasteiger partial charge on any atom is 0.173 e. The lowest BCUT2D eigenvalue weighted by Crippen LogP contribution is -2.32. The maximum absolute atomic E-state index is 9.95. The van der Waals surface area contributed by atoms with Gasteiger partial charge < -0.3 is 15.2 Å². The van der Waals surface area contributed by atoms with Crippen LogP contribution in [0.5, 0.6) is 0 Å². The fourth-order valence-electron chi connectivity index (χ4n) is 3.52. The second-order valence-corrected chi connectivity index (χ2v) is 6.98. The van der Waals surface area contributed by atoms with Gasteiger partial charge in [0.2, 0.25) is 0 Å². The number of ether oxygens (including phenoxy) is 1. The number of aliphatic hydroxyl groups is 1. The molecule has 1 unspecified atom stereocenters. The van der Waals surface area contributed by atoms with E-state index in [4.69, 9.17) is 4.74 Å². The molecule has 0 saturated carbocycles. The standard InChI is InChI=1S/C14H26N2O2/c1-7(2)5-9-11(15-9)13-16-10(6-8(3)4)12(16)14(17)18-13/h7-15,17H,5-6H2,1-4H3/t9-,10-,11+,12-,13-,14-,16?/m1/s1. The first-order chi connectivity index (χ1) is 8.49. The van der Waals surface area contributed by atoms with E-state index in [1.54, 1.807) is 0 Å². The number of rotatable bonds is 5. The summed E-state index contributed by atoms with van der Waals surface area (Å²) in [6.07, 6.45) is 1.91. The van der Waals surface area contributed by atoms with E-state index in [-0.39, 0.29) is 12.3 Å². The van der Waals surface area contributed by atoms with Crippen molar-refractivity contribution >= 4 is 0 Å². The Morgan fingerprint density at radius 2 is 1.83 bits per heavy atom. The van der Waals surface area contributed by atoms with E-state index in [1.807, 2.05) is 0 Å². The number of fused-ring (bicyclic) bond motifs is 1. The largest absolute Gasteiger partial charge is 0.366 e. The van der Waals surface area contributed by atoms with E-state index >= 15 is 0 Å². The Morgan fingerprint density at radius 1 is 1.17 bits per heavy atom. The molecule has 3 rings (SSSR count). The highest BCUT2D eigenvalue weighted by Gasteiger charge is 2.66. The fourth-order valence-corrected chi connectivity index (χ4v) is 3.52. The lowest BCUT2D eigenvalue weighted by molar-refractivity contribution is -0.118. The smallest absolute Gasteiger partial charge is 0.173 e. The van der Waals surface area contributed by atoms with Gasteiger partial charge in [0.1, 0.15) is 6.23 Å². The zero-order valence-electron chi connectivity index (χ0n) is 11.8. The normalized spacial score (nSPS) is 49.8. The van der Waals surface area contributed by atoms with Crippen molar-refractivity contribution in [1.29, 1.82) is 0 Å². The molecule has 0 bridgehead atoms. The first kappa shape index (κ1) is 12.9. The number of hydrogen-bond donors (Lipinski definition) is 2. The molecular weight excluding hydrogens is 228 g/mol. The minimum Gasteiger partial charge on any atom is -0.366 e. The van der Waals surface area contributed by atoms with Crippen LogP contribution >= 0.6 is 0 Å². The Bertz CT molecular complexity index is 321. The van der Waals surface area contributed by atoms with Crippen molar-refractivity contribution in [3.8, 4) is 0 Å². The summed E-state index contributed by atoms with van der Waals surface area (Å²) in [6, 6.07) is 1.82. The van der Waals surface area contributed by atoms with Crippen molar-refractivity contribution < 1.29 is 9.84 Å². The number of nitrogens with zero attached hydrogens (tertiary/aromatic N) is 1. The molecule has 0 amide bonds. The Morgan fingerprint density at radius 3 is 2.44 bits per heavy atom. The first-order valence-corrected chi connectivity index (χ1v) is 7.36. The van der Waals surface area contributed by atoms with E-state index in [0.29, 0.717) is 24.0 Å². The third-order valence-corrected chi connectivity index (χ3v) is 4.37. The molecule has 0 aromatic rings. The van der Waals surface area contributed by atoms with Gasteiger partial charge in [-0.15, -0.1) is 0 Å². The molecule has 4 nitrogen and oxygen atoms in total. The minimum absolute atomic E-state index is 0.109. The van der Waals surface area contributed by atoms with Gasteiger partial charge >= 0.3 is 0 Å². The Hall–Kier alpha value is -0.160. The van der Waals surface area contributed by atoms with E-state index in [2.05, 4.69) is 37.9 Å². The number of aliphatic hydroxyl groups excluding tert-OH is 1. The molecule has 3 aliphatic rings. The molecule has 0 aromatic carbocycles. The molecular formula is C14H26N2O2. The van der Waals surface area contributed by atoms with Crippen LogP contribution in [0.3, 0.4) is 0 Å². The van der Waals surface area contributed by atoms with E-state index in [1.165, 1.54) is 12.8 Å². The predicted molar refractivity (Wildman–Crippen MR) is 69.9 cm³/mol. The van der Waals surface area contributed by atoms with Crippen molar-refractivity contribution in [2.75, 3.05) is 0 Å². The van der Waals surface area contributed by atoms with E-state index in [0.717, 1.165) is 5.92 Å². The summed E-state index contributed by atoms with van der Waals surface area (Å²) in [4.78, 5) is 2.38. The van der Waals surface area contributed by atoms with Crippen molar-refractivity contribution in [2.24, 2.45) is 11.8 Å². The highest BCUT2D eigenvalue weighted by atomic mass is 16.6. The van der Waals surface area contributed by atoms with Gasteiger partial charge in [-0.25, -0.2) is 0 Å². The van der Waals surface area contributed by atoms with Gasteiger partial charge in [-0.1, -0.05) is 27.7 Å². The van der Waals surface area contributed by atoms with Crippen LogP contribution in [0, 0.1) is 11.8 Å². The van der Waals surface area contributed by atoms with Crippen LogP contribution < -0.4 is 5.32 Å². The summed E-state index contributed by atoms with van der Waals surface area (Å²) in [6.45, 7) is 9.00. The molecule has 104 valence electrons. The highest BCUT2D eigenvalue weighted by Crippen LogP contribution is 2.47. The summed E-state index contributed by atoms with van der Waals surface area (Å²) < 4.78 is 5.69.